The molecule has 0 fully saturated rings. The normalized spacial score (nSPS) is 10.5. The van der Waals surface area contributed by atoms with E-state index in [-0.39, 0.29) is 6.04 Å². The minimum absolute atomic E-state index is 0.249. The van der Waals surface area contributed by atoms with Gasteiger partial charge in [0.05, 0.1) is 0 Å². The van der Waals surface area contributed by atoms with Gasteiger partial charge in [-0.3, -0.25) is 9.48 Å². The van der Waals surface area contributed by atoms with Gasteiger partial charge < -0.3 is 0 Å². The molecule has 1 aromatic heterocycles. The molecule has 0 saturated carbocycles. The molecule has 3 nitrogen and oxygen atoms in total. The van der Waals surface area contributed by atoms with Crippen LogP contribution in [0, 0.1) is 3.70 Å². The van der Waals surface area contributed by atoms with Gasteiger partial charge in [-0.2, -0.15) is 5.10 Å². The molecule has 0 radical (unpaired) electrons. The van der Waals surface area contributed by atoms with Gasteiger partial charge in [0.25, 0.3) is 0 Å². The van der Waals surface area contributed by atoms with Gasteiger partial charge in [0.15, 0.2) is 6.29 Å². The van der Waals surface area contributed by atoms with Crippen LogP contribution in [0.25, 0.3) is 0 Å². The zero-order valence-electron chi connectivity index (χ0n) is 6.41. The third kappa shape index (κ3) is 1.79. The number of hydrogen-bond donors (Lipinski definition) is 0. The Labute approximate surface area is 78.9 Å². The van der Waals surface area contributed by atoms with E-state index in [0.29, 0.717) is 5.69 Å². The van der Waals surface area contributed by atoms with Crippen molar-refractivity contribution in [3.63, 3.8) is 0 Å². The van der Waals surface area contributed by atoms with Crippen molar-refractivity contribution < 1.29 is 4.79 Å². The van der Waals surface area contributed by atoms with Crippen LogP contribution in [-0.4, -0.2) is 16.1 Å². The third-order valence-corrected chi connectivity index (χ3v) is 1.87. The summed E-state index contributed by atoms with van der Waals surface area (Å²) in [4.78, 5) is 10.5. The second-order valence-electron chi connectivity index (χ2n) is 2.55. The van der Waals surface area contributed by atoms with Gasteiger partial charge in [0.1, 0.15) is 9.39 Å². The molecule has 0 aliphatic heterocycles. The Bertz CT molecular complexity index is 267. The largest absolute Gasteiger partial charge is 0.296 e. The predicted octanol–water partition coefficient (Wildman–Crippen LogP) is 1.88. The molecule has 0 N–H and O–H groups in total. The molecule has 0 aliphatic carbocycles. The highest BCUT2D eigenvalue weighted by molar-refractivity contribution is 14.1. The zero-order valence-corrected chi connectivity index (χ0v) is 8.57. The van der Waals surface area contributed by atoms with Crippen molar-refractivity contribution in [2.75, 3.05) is 0 Å². The highest BCUT2D eigenvalue weighted by atomic mass is 127. The van der Waals surface area contributed by atoms with E-state index in [1.165, 1.54) is 0 Å². The van der Waals surface area contributed by atoms with E-state index < -0.39 is 0 Å². The topological polar surface area (TPSA) is 34.9 Å². The molecule has 1 aromatic rings. The van der Waals surface area contributed by atoms with Crippen LogP contribution in [0.3, 0.4) is 0 Å². The highest BCUT2D eigenvalue weighted by Crippen LogP contribution is 2.10. The van der Waals surface area contributed by atoms with Crippen LogP contribution in [0.1, 0.15) is 30.4 Å². The summed E-state index contributed by atoms with van der Waals surface area (Å²) in [5.74, 6) is 0. The fourth-order valence-corrected chi connectivity index (χ4v) is 1.43. The van der Waals surface area contributed by atoms with Crippen molar-refractivity contribution in [1.29, 1.82) is 0 Å². The van der Waals surface area contributed by atoms with Crippen LogP contribution in [0.2, 0.25) is 0 Å². The van der Waals surface area contributed by atoms with Crippen LogP contribution in [0.4, 0.5) is 0 Å². The molecule has 1 rings (SSSR count). The van der Waals surface area contributed by atoms with E-state index in [4.69, 9.17) is 0 Å². The van der Waals surface area contributed by atoms with Crippen LogP contribution in [-0.2, 0) is 0 Å². The molecule has 0 aliphatic rings. The minimum atomic E-state index is 0.249. The van der Waals surface area contributed by atoms with Crippen LogP contribution >= 0.6 is 22.6 Å². The van der Waals surface area contributed by atoms with E-state index in [0.717, 1.165) is 9.99 Å². The summed E-state index contributed by atoms with van der Waals surface area (Å²) in [5, 5.41) is 4.15. The number of nitrogens with zero attached hydrogens (tertiary/aromatic N) is 2. The lowest BCUT2D eigenvalue weighted by atomic mass is 10.4. The maximum Gasteiger partial charge on any atom is 0.168 e. The summed E-state index contributed by atoms with van der Waals surface area (Å²) in [5.41, 5.74) is 0.643. The molecule has 0 amide bonds. The summed E-state index contributed by atoms with van der Waals surface area (Å²) in [6.07, 6.45) is 0.829. The van der Waals surface area contributed by atoms with Crippen molar-refractivity contribution in [3.05, 3.63) is 15.5 Å². The first-order valence-electron chi connectivity index (χ1n) is 3.35. The maximum atomic E-state index is 10.5. The summed E-state index contributed by atoms with van der Waals surface area (Å²) in [6, 6.07) is 2.02. The Hall–Kier alpha value is -0.390. The van der Waals surface area contributed by atoms with Crippen molar-refractivity contribution in [3.8, 4) is 0 Å². The lowest BCUT2D eigenvalue weighted by Gasteiger charge is -2.05. The Kier molecular flexibility index (Phi) is 2.64. The van der Waals surface area contributed by atoms with E-state index in [2.05, 4.69) is 27.7 Å². The van der Waals surface area contributed by atoms with Gasteiger partial charge >= 0.3 is 0 Å². The van der Waals surface area contributed by atoms with Crippen molar-refractivity contribution in [1.82, 2.24) is 9.78 Å². The van der Waals surface area contributed by atoms with Gasteiger partial charge in [-0.05, 0) is 36.4 Å². The molecule has 4 heteroatoms. The zero-order chi connectivity index (χ0) is 8.43. The van der Waals surface area contributed by atoms with Crippen LogP contribution < -0.4 is 0 Å². The number of halogens is 1. The average Bonchev–Trinajstić information content (AvgIpc) is 2.30. The van der Waals surface area contributed by atoms with Gasteiger partial charge in [-0.25, -0.2) is 0 Å². The average molecular weight is 264 g/mol. The SMILES string of the molecule is CC(C)n1nc(I)cc1C=O. The van der Waals surface area contributed by atoms with E-state index in [1.807, 2.05) is 13.8 Å². The van der Waals surface area contributed by atoms with Gasteiger partial charge in [-0.15, -0.1) is 0 Å². The van der Waals surface area contributed by atoms with Gasteiger partial charge in [-0.1, -0.05) is 0 Å². The molecule has 0 spiro atoms. The summed E-state index contributed by atoms with van der Waals surface area (Å²) < 4.78 is 2.58. The molecule has 0 aromatic carbocycles. The first-order valence-corrected chi connectivity index (χ1v) is 4.43. The summed E-state index contributed by atoms with van der Waals surface area (Å²) in [6.45, 7) is 3.99. The molecule has 11 heavy (non-hydrogen) atoms. The number of rotatable bonds is 2. The van der Waals surface area contributed by atoms with Crippen molar-refractivity contribution >= 4 is 28.9 Å². The Morgan fingerprint density at radius 1 is 1.73 bits per heavy atom. The lowest BCUT2D eigenvalue weighted by molar-refractivity contribution is 0.111. The molecule has 0 unspecified atom stereocenters. The van der Waals surface area contributed by atoms with Crippen LogP contribution in [0.5, 0.6) is 0 Å². The fourth-order valence-electron chi connectivity index (χ4n) is 0.879. The number of carbonyl (C=O) groups excluding carboxylic acids is 1. The monoisotopic (exact) mass is 264 g/mol. The molecular weight excluding hydrogens is 255 g/mol. The van der Waals surface area contributed by atoms with Crippen LogP contribution in [0.15, 0.2) is 6.07 Å². The van der Waals surface area contributed by atoms with Crippen molar-refractivity contribution in [2.24, 2.45) is 0 Å². The molecular formula is C7H9IN2O. The van der Waals surface area contributed by atoms with E-state index in [1.54, 1.807) is 10.7 Å². The number of aldehydes is 1. The Balaban J connectivity index is 3.11. The minimum Gasteiger partial charge on any atom is -0.296 e. The number of hydrogen-bond acceptors (Lipinski definition) is 2. The fraction of sp³-hybridized carbons (Fsp3) is 0.429. The third-order valence-electron chi connectivity index (χ3n) is 1.34. The Morgan fingerprint density at radius 3 is 2.73 bits per heavy atom. The molecule has 60 valence electrons. The van der Waals surface area contributed by atoms with Gasteiger partial charge in [0, 0.05) is 12.1 Å². The standard InChI is InChI=1S/C7H9IN2O/c1-5(2)10-6(4-11)3-7(8)9-10/h3-5H,1-2H3. The maximum absolute atomic E-state index is 10.5. The summed E-state index contributed by atoms with van der Waals surface area (Å²) in [7, 11) is 0. The predicted molar refractivity (Wildman–Crippen MR) is 50.7 cm³/mol. The lowest BCUT2D eigenvalue weighted by Crippen LogP contribution is -2.06. The molecule has 1 heterocycles. The number of aromatic nitrogens is 2. The Morgan fingerprint density at radius 2 is 2.36 bits per heavy atom. The van der Waals surface area contributed by atoms with Gasteiger partial charge in [0.2, 0.25) is 0 Å². The second kappa shape index (κ2) is 3.34. The first kappa shape index (κ1) is 8.70. The van der Waals surface area contributed by atoms with Crippen molar-refractivity contribution in [2.45, 2.75) is 19.9 Å². The molecule has 0 bridgehead atoms. The van der Waals surface area contributed by atoms with E-state index >= 15 is 0 Å². The van der Waals surface area contributed by atoms with E-state index in [9.17, 15) is 4.79 Å². The smallest absolute Gasteiger partial charge is 0.168 e. The quantitative estimate of drug-likeness (QED) is 0.603. The second-order valence-corrected chi connectivity index (χ2v) is 3.65. The molecule has 0 saturated heterocycles. The summed E-state index contributed by atoms with van der Waals surface area (Å²) >= 11 is 2.09. The number of carbonyl (C=O) groups is 1. The highest BCUT2D eigenvalue weighted by Gasteiger charge is 2.06. The molecule has 0 atom stereocenters. The first-order chi connectivity index (χ1) is 5.15.